The van der Waals surface area contributed by atoms with Crippen molar-refractivity contribution in [2.45, 2.75) is 46.3 Å². The number of hydrogen-bond donors (Lipinski definition) is 1. The Bertz CT molecular complexity index is 1090. The fourth-order valence-corrected chi connectivity index (χ4v) is 4.41. The van der Waals surface area contributed by atoms with Crippen molar-refractivity contribution < 1.29 is 9.59 Å². The molecule has 1 aliphatic rings. The lowest BCUT2D eigenvalue weighted by molar-refractivity contribution is -0.130. The van der Waals surface area contributed by atoms with Crippen LogP contribution in [0.1, 0.15) is 47.5 Å². The van der Waals surface area contributed by atoms with Gasteiger partial charge in [-0.15, -0.1) is 0 Å². The van der Waals surface area contributed by atoms with Crippen molar-refractivity contribution in [3.05, 3.63) is 88.7 Å². The third-order valence-corrected chi connectivity index (χ3v) is 6.42. The van der Waals surface area contributed by atoms with Gasteiger partial charge >= 0.3 is 0 Å². The van der Waals surface area contributed by atoms with Gasteiger partial charge in [-0.05, 0) is 31.9 Å². The van der Waals surface area contributed by atoms with Gasteiger partial charge in [0.2, 0.25) is 11.8 Å². The van der Waals surface area contributed by atoms with Crippen LogP contribution in [-0.4, -0.2) is 33.0 Å². The van der Waals surface area contributed by atoms with Gasteiger partial charge in [0, 0.05) is 30.8 Å². The van der Waals surface area contributed by atoms with Gasteiger partial charge in [0.15, 0.2) is 0 Å². The lowest BCUT2D eigenvalue weighted by Gasteiger charge is -2.25. The molecule has 6 nitrogen and oxygen atoms in total. The lowest BCUT2D eigenvalue weighted by atomic mass is 10.1. The van der Waals surface area contributed by atoms with Crippen LogP contribution < -0.4 is 5.32 Å². The van der Waals surface area contributed by atoms with E-state index in [0.717, 1.165) is 22.5 Å². The van der Waals surface area contributed by atoms with Crippen molar-refractivity contribution in [1.82, 2.24) is 20.0 Å². The Hall–Kier alpha value is -3.41. The zero-order chi connectivity index (χ0) is 22.7. The van der Waals surface area contributed by atoms with Crippen molar-refractivity contribution in [3.8, 4) is 0 Å². The smallest absolute Gasteiger partial charge is 0.225 e. The maximum atomic E-state index is 12.9. The maximum Gasteiger partial charge on any atom is 0.225 e. The van der Waals surface area contributed by atoms with E-state index in [1.54, 1.807) is 0 Å². The van der Waals surface area contributed by atoms with Crippen molar-refractivity contribution in [3.63, 3.8) is 0 Å². The molecule has 3 aromatic rings. The summed E-state index contributed by atoms with van der Waals surface area (Å²) in [4.78, 5) is 27.3. The van der Waals surface area contributed by atoms with Gasteiger partial charge in [0.05, 0.1) is 24.2 Å². The first-order valence-electron chi connectivity index (χ1n) is 11.1. The topological polar surface area (TPSA) is 67.2 Å². The van der Waals surface area contributed by atoms with Gasteiger partial charge in [0.25, 0.3) is 0 Å². The molecule has 2 aromatic carbocycles. The first-order valence-corrected chi connectivity index (χ1v) is 11.1. The number of likely N-dealkylation sites (tertiary alicyclic amines) is 1. The summed E-state index contributed by atoms with van der Waals surface area (Å²) in [5.74, 6) is -0.367. The molecule has 0 radical (unpaired) electrons. The number of nitrogens with one attached hydrogen (secondary N) is 1. The minimum absolute atomic E-state index is 0.0320. The lowest BCUT2D eigenvalue weighted by Crippen LogP contribution is -2.33. The zero-order valence-electron chi connectivity index (χ0n) is 18.9. The van der Waals surface area contributed by atoms with Gasteiger partial charge in [-0.3, -0.25) is 14.3 Å². The van der Waals surface area contributed by atoms with E-state index in [0.29, 0.717) is 19.6 Å². The molecule has 0 bridgehead atoms. The number of nitrogens with zero attached hydrogens (tertiary/aromatic N) is 3. The first-order chi connectivity index (χ1) is 15.4. The second kappa shape index (κ2) is 9.39. The van der Waals surface area contributed by atoms with Gasteiger partial charge in [-0.25, -0.2) is 0 Å². The third-order valence-electron chi connectivity index (χ3n) is 6.42. The first kappa shape index (κ1) is 21.8. The summed E-state index contributed by atoms with van der Waals surface area (Å²) >= 11 is 0. The summed E-state index contributed by atoms with van der Waals surface area (Å²) in [6, 6.07) is 20.1. The largest absolute Gasteiger partial charge is 0.352 e. The molecule has 1 aromatic heterocycles. The maximum absolute atomic E-state index is 12.9. The van der Waals surface area contributed by atoms with Crippen LogP contribution in [0.5, 0.6) is 0 Å². The summed E-state index contributed by atoms with van der Waals surface area (Å²) in [5, 5.41) is 7.71. The van der Waals surface area contributed by atoms with Crippen molar-refractivity contribution in [2.75, 3.05) is 6.54 Å². The van der Waals surface area contributed by atoms with Crippen LogP contribution in [-0.2, 0) is 22.7 Å². The summed E-state index contributed by atoms with van der Waals surface area (Å²) in [7, 11) is 0. The number of rotatable bonds is 7. The molecule has 0 saturated carbocycles. The second-order valence-electron chi connectivity index (χ2n) is 8.54. The van der Waals surface area contributed by atoms with Crippen LogP contribution in [0.15, 0.2) is 60.7 Å². The Labute approximate surface area is 189 Å². The number of carbonyl (C=O) groups excluding carboxylic acids is 2. The number of benzene rings is 2. The molecular weight excluding hydrogens is 400 g/mol. The van der Waals surface area contributed by atoms with Crippen molar-refractivity contribution in [1.29, 1.82) is 0 Å². The minimum atomic E-state index is -0.325. The molecule has 4 rings (SSSR count). The van der Waals surface area contributed by atoms with Gasteiger partial charge in [-0.1, -0.05) is 60.7 Å². The van der Waals surface area contributed by atoms with Gasteiger partial charge < -0.3 is 10.2 Å². The molecule has 0 spiro atoms. The predicted molar refractivity (Wildman–Crippen MR) is 124 cm³/mol. The van der Waals surface area contributed by atoms with Crippen LogP contribution in [0, 0.1) is 19.8 Å². The second-order valence-corrected chi connectivity index (χ2v) is 8.54. The number of hydrogen-bond acceptors (Lipinski definition) is 3. The molecule has 1 aliphatic heterocycles. The van der Waals surface area contributed by atoms with E-state index >= 15 is 0 Å². The highest BCUT2D eigenvalue weighted by Crippen LogP contribution is 2.28. The predicted octanol–water partition coefficient (Wildman–Crippen LogP) is 3.77. The van der Waals surface area contributed by atoms with Crippen molar-refractivity contribution in [2.24, 2.45) is 5.92 Å². The Balaban J connectivity index is 1.37. The molecule has 6 heteroatoms. The molecule has 1 saturated heterocycles. The fraction of sp³-hybridized carbons (Fsp3) is 0.346. The van der Waals surface area contributed by atoms with E-state index in [2.05, 4.69) is 22.5 Å². The third kappa shape index (κ3) is 4.59. The Morgan fingerprint density at radius 2 is 1.75 bits per heavy atom. The van der Waals surface area contributed by atoms with E-state index in [-0.39, 0.29) is 30.2 Å². The molecule has 2 amide bonds. The number of aromatic nitrogens is 2. The summed E-state index contributed by atoms with van der Waals surface area (Å²) in [6.07, 6.45) is 0.258. The molecule has 2 unspecified atom stereocenters. The minimum Gasteiger partial charge on any atom is -0.352 e. The molecule has 1 N–H and O–H groups in total. The van der Waals surface area contributed by atoms with Crippen molar-refractivity contribution >= 4 is 11.8 Å². The van der Waals surface area contributed by atoms with E-state index in [4.69, 9.17) is 0 Å². The van der Waals surface area contributed by atoms with E-state index in [1.807, 2.05) is 78.9 Å². The van der Waals surface area contributed by atoms with Crippen LogP contribution >= 0.6 is 0 Å². The Morgan fingerprint density at radius 3 is 2.44 bits per heavy atom. The normalized spacial score (nSPS) is 16.9. The average molecular weight is 431 g/mol. The number of amides is 2. The Morgan fingerprint density at radius 1 is 1.09 bits per heavy atom. The molecule has 32 heavy (non-hydrogen) atoms. The summed E-state index contributed by atoms with van der Waals surface area (Å²) in [5.41, 5.74) is 5.27. The quantitative estimate of drug-likeness (QED) is 0.620. The summed E-state index contributed by atoms with van der Waals surface area (Å²) < 4.78 is 1.98. The highest BCUT2D eigenvalue weighted by Gasteiger charge is 2.37. The molecule has 2 atom stereocenters. The van der Waals surface area contributed by atoms with E-state index in [1.165, 1.54) is 5.56 Å². The number of aryl methyl sites for hydroxylation is 1. The molecule has 0 aliphatic carbocycles. The molecule has 1 fully saturated rings. The number of carbonyl (C=O) groups is 2. The fourth-order valence-electron chi connectivity index (χ4n) is 4.41. The van der Waals surface area contributed by atoms with E-state index < -0.39 is 0 Å². The highest BCUT2D eigenvalue weighted by molar-refractivity contribution is 5.89. The Kier molecular flexibility index (Phi) is 6.40. The van der Waals surface area contributed by atoms with Gasteiger partial charge in [-0.2, -0.15) is 5.10 Å². The monoisotopic (exact) mass is 430 g/mol. The van der Waals surface area contributed by atoms with Crippen LogP contribution in [0.3, 0.4) is 0 Å². The average Bonchev–Trinajstić information content (AvgIpc) is 3.32. The standard InChI is InChI=1S/C26H30N4O2/c1-18-24(20(3)30(28-18)16-21-10-6-4-7-11-21)15-27-26(32)23-14-25(31)29(17-23)19(2)22-12-8-5-9-13-22/h4-13,19,23H,14-17H2,1-3H3,(H,27,32). The zero-order valence-corrected chi connectivity index (χ0v) is 18.9. The SMILES string of the molecule is Cc1nn(Cc2ccccc2)c(C)c1CNC(=O)C1CC(=O)N(C(C)c2ccccc2)C1. The van der Waals surface area contributed by atoms with Crippen LogP contribution in [0.2, 0.25) is 0 Å². The van der Waals surface area contributed by atoms with Gasteiger partial charge in [0.1, 0.15) is 0 Å². The van der Waals surface area contributed by atoms with E-state index in [9.17, 15) is 9.59 Å². The molecule has 166 valence electrons. The van der Waals surface area contributed by atoms with Crippen LogP contribution in [0.25, 0.3) is 0 Å². The molecular formula is C26H30N4O2. The van der Waals surface area contributed by atoms with Crippen LogP contribution in [0.4, 0.5) is 0 Å². The molecule has 2 heterocycles. The highest BCUT2D eigenvalue weighted by atomic mass is 16.2. The summed E-state index contributed by atoms with van der Waals surface area (Å²) in [6.45, 7) is 7.59.